The molecule has 2 aromatic carbocycles. The Morgan fingerprint density at radius 2 is 1.82 bits per heavy atom. The van der Waals surface area contributed by atoms with Gasteiger partial charge in [-0.1, -0.05) is 37.3 Å². The van der Waals surface area contributed by atoms with E-state index < -0.39 is 0 Å². The molecule has 0 aliphatic rings. The number of rotatable bonds is 3. The lowest BCUT2D eigenvalue weighted by molar-refractivity contribution is 0.0601. The Hall–Kier alpha value is -2.68. The molecule has 0 spiro atoms. The summed E-state index contributed by atoms with van der Waals surface area (Å²) in [4.78, 5) is 15.8. The van der Waals surface area contributed by atoms with Crippen molar-refractivity contribution >= 4 is 16.7 Å². The van der Waals surface area contributed by atoms with Crippen LogP contribution in [-0.4, -0.2) is 18.1 Å². The zero-order valence-electron chi connectivity index (χ0n) is 12.6. The maximum absolute atomic E-state index is 11.6. The number of carbonyl (C=O) groups is 1. The second-order valence-electron chi connectivity index (χ2n) is 5.32. The van der Waals surface area contributed by atoms with Gasteiger partial charge in [-0.15, -0.1) is 0 Å². The van der Waals surface area contributed by atoms with Crippen LogP contribution in [-0.2, 0) is 4.74 Å². The molecule has 1 unspecified atom stereocenters. The normalized spacial score (nSPS) is 12.1. The molecule has 0 bridgehead atoms. The van der Waals surface area contributed by atoms with Crippen LogP contribution in [0.3, 0.4) is 0 Å². The molecule has 110 valence electrons. The van der Waals surface area contributed by atoms with Crippen LogP contribution >= 0.6 is 0 Å². The number of methoxy groups -OCH3 is 1. The monoisotopic (exact) mass is 291 g/mol. The lowest BCUT2D eigenvalue weighted by atomic mass is 9.92. The molecular weight excluding hydrogens is 274 g/mol. The lowest BCUT2D eigenvalue weighted by Gasteiger charge is -2.13. The first-order valence-corrected chi connectivity index (χ1v) is 7.21. The van der Waals surface area contributed by atoms with E-state index in [1.807, 2.05) is 30.5 Å². The summed E-state index contributed by atoms with van der Waals surface area (Å²) >= 11 is 0. The van der Waals surface area contributed by atoms with Gasteiger partial charge in [-0.3, -0.25) is 4.98 Å². The fourth-order valence-electron chi connectivity index (χ4n) is 2.60. The van der Waals surface area contributed by atoms with Crippen LogP contribution in [0.25, 0.3) is 10.8 Å². The van der Waals surface area contributed by atoms with Crippen molar-refractivity contribution in [3.05, 3.63) is 77.6 Å². The van der Waals surface area contributed by atoms with Crippen LogP contribution in [0, 0.1) is 0 Å². The number of aromatic nitrogens is 1. The summed E-state index contributed by atoms with van der Waals surface area (Å²) in [5, 5.41) is 2.14. The van der Waals surface area contributed by atoms with Crippen LogP contribution in [0.4, 0.5) is 0 Å². The van der Waals surface area contributed by atoms with Crippen molar-refractivity contribution in [2.75, 3.05) is 7.11 Å². The van der Waals surface area contributed by atoms with Crippen molar-refractivity contribution in [3.8, 4) is 0 Å². The number of esters is 1. The van der Waals surface area contributed by atoms with E-state index in [1.165, 1.54) is 18.2 Å². The highest BCUT2D eigenvalue weighted by Gasteiger charge is 2.10. The summed E-state index contributed by atoms with van der Waals surface area (Å²) in [6.07, 6.45) is 3.68. The minimum Gasteiger partial charge on any atom is -0.465 e. The Kier molecular flexibility index (Phi) is 3.88. The molecule has 0 saturated heterocycles. The van der Waals surface area contributed by atoms with Gasteiger partial charge < -0.3 is 4.74 Å². The molecule has 3 heteroatoms. The number of ether oxygens (including phenoxy) is 1. The molecule has 0 aliphatic carbocycles. The average molecular weight is 291 g/mol. The molecule has 3 rings (SSSR count). The van der Waals surface area contributed by atoms with Crippen LogP contribution in [0.2, 0.25) is 0 Å². The highest BCUT2D eigenvalue weighted by molar-refractivity contribution is 5.95. The Morgan fingerprint density at radius 1 is 1.05 bits per heavy atom. The quantitative estimate of drug-likeness (QED) is 0.680. The van der Waals surface area contributed by atoms with Crippen LogP contribution in [0.5, 0.6) is 0 Å². The molecule has 0 fully saturated rings. The summed E-state index contributed by atoms with van der Waals surface area (Å²) in [6, 6.07) is 16.0. The summed E-state index contributed by atoms with van der Waals surface area (Å²) in [5.41, 5.74) is 2.99. The van der Waals surface area contributed by atoms with E-state index in [0.717, 1.165) is 10.8 Å². The molecular formula is C19H17NO2. The fourth-order valence-corrected chi connectivity index (χ4v) is 2.60. The van der Waals surface area contributed by atoms with Gasteiger partial charge in [-0.25, -0.2) is 4.79 Å². The van der Waals surface area contributed by atoms with Crippen molar-refractivity contribution in [1.29, 1.82) is 0 Å². The van der Waals surface area contributed by atoms with Crippen molar-refractivity contribution < 1.29 is 9.53 Å². The number of hydrogen-bond donors (Lipinski definition) is 0. The number of fused-ring (bicyclic) bond motifs is 1. The Labute approximate surface area is 129 Å². The summed E-state index contributed by atoms with van der Waals surface area (Å²) in [7, 11) is 1.39. The van der Waals surface area contributed by atoms with Crippen molar-refractivity contribution in [1.82, 2.24) is 4.98 Å². The molecule has 22 heavy (non-hydrogen) atoms. The van der Waals surface area contributed by atoms with Crippen molar-refractivity contribution in [3.63, 3.8) is 0 Å². The molecule has 3 aromatic rings. The van der Waals surface area contributed by atoms with E-state index in [4.69, 9.17) is 4.74 Å². The predicted molar refractivity (Wildman–Crippen MR) is 87.0 cm³/mol. The highest BCUT2D eigenvalue weighted by atomic mass is 16.5. The summed E-state index contributed by atoms with van der Waals surface area (Å²) in [5.74, 6) is -0.0342. The van der Waals surface area contributed by atoms with Gasteiger partial charge >= 0.3 is 5.97 Å². The lowest BCUT2D eigenvalue weighted by Crippen LogP contribution is -2.01. The van der Waals surface area contributed by atoms with Gasteiger partial charge in [-0.05, 0) is 40.1 Å². The molecule has 0 amide bonds. The van der Waals surface area contributed by atoms with E-state index in [1.54, 1.807) is 12.3 Å². The minimum atomic E-state index is -0.310. The smallest absolute Gasteiger partial charge is 0.337 e. The predicted octanol–water partition coefficient (Wildman–Crippen LogP) is 4.17. The van der Waals surface area contributed by atoms with Crippen molar-refractivity contribution in [2.24, 2.45) is 0 Å². The van der Waals surface area contributed by atoms with Gasteiger partial charge in [0.05, 0.1) is 12.7 Å². The first-order valence-electron chi connectivity index (χ1n) is 7.21. The molecule has 1 atom stereocenters. The van der Waals surface area contributed by atoms with Gasteiger partial charge in [0.15, 0.2) is 0 Å². The van der Waals surface area contributed by atoms with Crippen LogP contribution < -0.4 is 0 Å². The topological polar surface area (TPSA) is 39.2 Å². The Balaban J connectivity index is 1.98. The first-order chi connectivity index (χ1) is 10.7. The van der Waals surface area contributed by atoms with Crippen molar-refractivity contribution in [2.45, 2.75) is 12.8 Å². The van der Waals surface area contributed by atoms with E-state index in [0.29, 0.717) is 5.56 Å². The summed E-state index contributed by atoms with van der Waals surface area (Å²) in [6.45, 7) is 2.17. The summed E-state index contributed by atoms with van der Waals surface area (Å²) < 4.78 is 4.76. The first kappa shape index (κ1) is 14.3. The zero-order chi connectivity index (χ0) is 15.5. The number of hydrogen-bond acceptors (Lipinski definition) is 3. The van der Waals surface area contributed by atoms with Gasteiger partial charge in [0.25, 0.3) is 0 Å². The minimum absolute atomic E-state index is 0.276. The molecule has 0 saturated carbocycles. The molecule has 3 nitrogen and oxygen atoms in total. The molecule has 1 aromatic heterocycles. The van der Waals surface area contributed by atoms with E-state index in [9.17, 15) is 4.79 Å². The van der Waals surface area contributed by atoms with E-state index >= 15 is 0 Å². The molecule has 1 heterocycles. The standard InChI is InChI=1S/C19H17NO2/c1-13(18-4-3-9-20-12-18)14-5-6-16-11-17(19(21)22-2)8-7-15(16)10-14/h3-13H,1-2H3. The maximum atomic E-state index is 11.6. The van der Waals surface area contributed by atoms with Crippen LogP contribution in [0.15, 0.2) is 60.9 Å². The third-order valence-corrected chi connectivity index (χ3v) is 3.97. The third-order valence-electron chi connectivity index (χ3n) is 3.97. The second-order valence-corrected chi connectivity index (χ2v) is 5.32. The highest BCUT2D eigenvalue weighted by Crippen LogP contribution is 2.27. The van der Waals surface area contributed by atoms with E-state index in [-0.39, 0.29) is 11.9 Å². The number of pyridine rings is 1. The van der Waals surface area contributed by atoms with Crippen LogP contribution in [0.1, 0.15) is 34.3 Å². The van der Waals surface area contributed by atoms with Gasteiger partial charge in [-0.2, -0.15) is 0 Å². The number of carbonyl (C=O) groups excluding carboxylic acids is 1. The van der Waals surface area contributed by atoms with E-state index in [2.05, 4.69) is 30.1 Å². The number of benzene rings is 2. The largest absolute Gasteiger partial charge is 0.465 e. The fraction of sp³-hybridized carbons (Fsp3) is 0.158. The Morgan fingerprint density at radius 3 is 2.55 bits per heavy atom. The average Bonchev–Trinajstić information content (AvgIpc) is 2.60. The Bertz CT molecular complexity index is 812. The maximum Gasteiger partial charge on any atom is 0.337 e. The van der Waals surface area contributed by atoms with Gasteiger partial charge in [0.2, 0.25) is 0 Å². The second kappa shape index (κ2) is 5.98. The molecule has 0 radical (unpaired) electrons. The third kappa shape index (κ3) is 2.70. The molecule has 0 aliphatic heterocycles. The zero-order valence-corrected chi connectivity index (χ0v) is 12.6. The SMILES string of the molecule is COC(=O)c1ccc2cc(C(C)c3cccnc3)ccc2c1. The van der Waals surface area contributed by atoms with Gasteiger partial charge in [0, 0.05) is 18.3 Å². The number of nitrogens with zero attached hydrogens (tertiary/aromatic N) is 1. The molecule has 0 N–H and O–H groups in total. The van der Waals surface area contributed by atoms with Gasteiger partial charge in [0.1, 0.15) is 0 Å².